The van der Waals surface area contributed by atoms with Crippen LogP contribution in [-0.2, 0) is 6.54 Å². The van der Waals surface area contributed by atoms with Crippen molar-refractivity contribution in [2.45, 2.75) is 18.4 Å². The van der Waals surface area contributed by atoms with Crippen LogP contribution in [0.4, 0.5) is 5.13 Å². The SMILES string of the molecule is CCSc1cccc(C(=O)N(Cc2ccccc2)c2nc3c(OC)ccc(OC)c3s2)c1. The zero-order valence-electron chi connectivity index (χ0n) is 18.2. The van der Waals surface area contributed by atoms with Gasteiger partial charge in [-0.1, -0.05) is 54.7 Å². The molecule has 0 unspecified atom stereocenters. The molecule has 0 radical (unpaired) electrons. The summed E-state index contributed by atoms with van der Waals surface area (Å²) < 4.78 is 11.9. The predicted molar refractivity (Wildman–Crippen MR) is 133 cm³/mol. The minimum atomic E-state index is -0.0932. The molecule has 0 aliphatic carbocycles. The quantitative estimate of drug-likeness (QED) is 0.288. The molecule has 3 aromatic carbocycles. The molecule has 4 rings (SSSR count). The Morgan fingerprint density at radius 2 is 1.75 bits per heavy atom. The lowest BCUT2D eigenvalue weighted by molar-refractivity contribution is 0.0985. The monoisotopic (exact) mass is 464 g/mol. The summed E-state index contributed by atoms with van der Waals surface area (Å²) >= 11 is 3.14. The van der Waals surface area contributed by atoms with Gasteiger partial charge in [0.05, 0.1) is 20.8 Å². The van der Waals surface area contributed by atoms with Crippen LogP contribution < -0.4 is 14.4 Å². The molecule has 1 aromatic heterocycles. The van der Waals surface area contributed by atoms with E-state index in [0.29, 0.717) is 34.3 Å². The van der Waals surface area contributed by atoms with Gasteiger partial charge in [-0.15, -0.1) is 11.8 Å². The van der Waals surface area contributed by atoms with Crippen LogP contribution in [0.3, 0.4) is 0 Å². The minimum absolute atomic E-state index is 0.0932. The van der Waals surface area contributed by atoms with Crippen LogP contribution in [0.2, 0.25) is 0 Å². The number of anilines is 1. The maximum Gasteiger partial charge on any atom is 0.260 e. The van der Waals surface area contributed by atoms with Crippen molar-refractivity contribution in [2.24, 2.45) is 0 Å². The molecule has 0 spiro atoms. The van der Waals surface area contributed by atoms with Gasteiger partial charge in [0.15, 0.2) is 5.13 Å². The number of fused-ring (bicyclic) bond motifs is 1. The summed E-state index contributed by atoms with van der Waals surface area (Å²) in [7, 11) is 3.24. The molecule has 0 bridgehead atoms. The maximum atomic E-state index is 13.7. The van der Waals surface area contributed by atoms with Gasteiger partial charge in [-0.3, -0.25) is 9.69 Å². The molecule has 0 atom stereocenters. The average Bonchev–Trinajstić information content (AvgIpc) is 3.28. The minimum Gasteiger partial charge on any atom is -0.495 e. The molecule has 0 saturated carbocycles. The Labute approximate surface area is 196 Å². The van der Waals surface area contributed by atoms with Gasteiger partial charge in [0.1, 0.15) is 21.7 Å². The molecule has 164 valence electrons. The molecule has 1 amide bonds. The Morgan fingerprint density at radius 3 is 2.47 bits per heavy atom. The summed E-state index contributed by atoms with van der Waals surface area (Å²) in [6.45, 7) is 2.51. The Hall–Kier alpha value is -3.03. The Balaban J connectivity index is 1.81. The third kappa shape index (κ3) is 4.59. The van der Waals surface area contributed by atoms with Gasteiger partial charge in [0.25, 0.3) is 5.91 Å². The summed E-state index contributed by atoms with van der Waals surface area (Å²) in [4.78, 5) is 21.3. The Bertz CT molecular complexity index is 1180. The van der Waals surface area contributed by atoms with E-state index < -0.39 is 0 Å². The van der Waals surface area contributed by atoms with Crippen molar-refractivity contribution in [1.29, 1.82) is 0 Å². The third-order valence-electron chi connectivity index (χ3n) is 4.95. The Morgan fingerprint density at radius 1 is 1.00 bits per heavy atom. The van der Waals surface area contributed by atoms with Crippen molar-refractivity contribution in [3.8, 4) is 11.5 Å². The first-order chi connectivity index (χ1) is 15.6. The molecule has 32 heavy (non-hydrogen) atoms. The van der Waals surface area contributed by atoms with E-state index in [-0.39, 0.29) is 5.91 Å². The number of rotatable bonds is 8. The topological polar surface area (TPSA) is 51.7 Å². The second-order valence-corrected chi connectivity index (χ2v) is 9.30. The normalized spacial score (nSPS) is 10.8. The van der Waals surface area contributed by atoms with Crippen molar-refractivity contribution in [2.75, 3.05) is 24.9 Å². The number of methoxy groups -OCH3 is 2. The molecule has 0 fully saturated rings. The van der Waals surface area contributed by atoms with Crippen LogP contribution in [0.25, 0.3) is 10.2 Å². The van der Waals surface area contributed by atoms with Crippen LogP contribution in [-0.4, -0.2) is 30.9 Å². The fraction of sp³-hybridized carbons (Fsp3) is 0.200. The number of hydrogen-bond donors (Lipinski definition) is 0. The highest BCUT2D eigenvalue weighted by Crippen LogP contribution is 2.40. The number of amides is 1. The number of nitrogens with zero attached hydrogens (tertiary/aromatic N) is 2. The van der Waals surface area contributed by atoms with Crippen LogP contribution in [0, 0.1) is 0 Å². The smallest absolute Gasteiger partial charge is 0.260 e. The van der Waals surface area contributed by atoms with E-state index in [9.17, 15) is 4.79 Å². The van der Waals surface area contributed by atoms with Crippen LogP contribution in [0.5, 0.6) is 11.5 Å². The van der Waals surface area contributed by atoms with E-state index in [1.165, 1.54) is 11.3 Å². The van der Waals surface area contributed by atoms with Crippen LogP contribution >= 0.6 is 23.1 Å². The summed E-state index contributed by atoms with van der Waals surface area (Å²) in [5, 5.41) is 0.602. The standard InChI is InChI=1S/C25H24N2O3S2/c1-4-31-19-12-8-11-18(15-19)24(28)27(16-17-9-6-5-7-10-17)25-26-22-20(29-2)13-14-21(30-3)23(22)32-25/h5-15H,4,16H2,1-3H3. The number of carbonyl (C=O) groups excluding carboxylic acids is 1. The van der Waals surface area contributed by atoms with E-state index in [2.05, 4.69) is 6.92 Å². The largest absolute Gasteiger partial charge is 0.495 e. The molecular weight excluding hydrogens is 440 g/mol. The maximum absolute atomic E-state index is 13.7. The molecule has 4 aromatic rings. The molecule has 1 heterocycles. The Kier molecular flexibility index (Phi) is 6.97. The summed E-state index contributed by atoms with van der Waals surface area (Å²) in [6.07, 6.45) is 0. The van der Waals surface area contributed by atoms with E-state index in [0.717, 1.165) is 20.9 Å². The highest BCUT2D eigenvalue weighted by Gasteiger charge is 2.24. The molecule has 0 saturated heterocycles. The molecule has 0 N–H and O–H groups in total. The summed E-state index contributed by atoms with van der Waals surface area (Å²) in [6, 6.07) is 21.4. The third-order valence-corrected chi connectivity index (χ3v) is 6.92. The molecule has 5 nitrogen and oxygen atoms in total. The van der Waals surface area contributed by atoms with Crippen molar-refractivity contribution < 1.29 is 14.3 Å². The number of thioether (sulfide) groups is 1. The number of thiazole rings is 1. The molecule has 0 aliphatic rings. The van der Waals surface area contributed by atoms with E-state index in [4.69, 9.17) is 14.5 Å². The fourth-order valence-electron chi connectivity index (χ4n) is 3.42. The van der Waals surface area contributed by atoms with Crippen molar-refractivity contribution >= 4 is 44.4 Å². The predicted octanol–water partition coefficient (Wildman–Crippen LogP) is 6.27. The molecule has 0 aliphatic heterocycles. The lowest BCUT2D eigenvalue weighted by atomic mass is 10.1. The summed E-state index contributed by atoms with van der Waals surface area (Å²) in [5.74, 6) is 2.21. The van der Waals surface area contributed by atoms with Crippen molar-refractivity contribution in [3.63, 3.8) is 0 Å². The van der Waals surface area contributed by atoms with E-state index in [1.807, 2.05) is 66.7 Å². The van der Waals surface area contributed by atoms with Crippen LogP contribution in [0.1, 0.15) is 22.8 Å². The van der Waals surface area contributed by atoms with Gasteiger partial charge in [-0.25, -0.2) is 4.98 Å². The van der Waals surface area contributed by atoms with E-state index >= 15 is 0 Å². The van der Waals surface area contributed by atoms with Gasteiger partial charge in [-0.05, 0) is 41.6 Å². The number of carbonyl (C=O) groups is 1. The van der Waals surface area contributed by atoms with Crippen LogP contribution in [0.15, 0.2) is 71.6 Å². The number of hydrogen-bond acceptors (Lipinski definition) is 6. The fourth-order valence-corrected chi connectivity index (χ4v) is 5.21. The number of benzene rings is 3. The number of ether oxygens (including phenoxy) is 2. The van der Waals surface area contributed by atoms with Gasteiger partial charge < -0.3 is 9.47 Å². The highest BCUT2D eigenvalue weighted by molar-refractivity contribution is 7.99. The number of aromatic nitrogens is 1. The second-order valence-electron chi connectivity index (χ2n) is 6.98. The van der Waals surface area contributed by atoms with Gasteiger partial charge in [0.2, 0.25) is 0 Å². The molecule has 7 heteroatoms. The zero-order valence-corrected chi connectivity index (χ0v) is 19.8. The van der Waals surface area contributed by atoms with Gasteiger partial charge in [-0.2, -0.15) is 0 Å². The van der Waals surface area contributed by atoms with Crippen molar-refractivity contribution in [1.82, 2.24) is 4.98 Å². The highest BCUT2D eigenvalue weighted by atomic mass is 32.2. The first kappa shape index (κ1) is 22.2. The second kappa shape index (κ2) is 10.1. The van der Waals surface area contributed by atoms with Gasteiger partial charge >= 0.3 is 0 Å². The first-order valence-corrected chi connectivity index (χ1v) is 12.0. The zero-order chi connectivity index (χ0) is 22.5. The summed E-state index contributed by atoms with van der Waals surface area (Å²) in [5.41, 5.74) is 2.35. The average molecular weight is 465 g/mol. The van der Waals surface area contributed by atoms with Crippen molar-refractivity contribution in [3.05, 3.63) is 77.9 Å². The van der Waals surface area contributed by atoms with Gasteiger partial charge in [0, 0.05) is 10.5 Å². The first-order valence-electron chi connectivity index (χ1n) is 10.2. The lowest BCUT2D eigenvalue weighted by Crippen LogP contribution is -2.30. The lowest BCUT2D eigenvalue weighted by Gasteiger charge is -2.20. The van der Waals surface area contributed by atoms with E-state index in [1.54, 1.807) is 30.9 Å². The molecular formula is C25H24N2O3S2.